The minimum Gasteiger partial charge on any atom is -0.495 e. The number of anilines is 2. The van der Waals surface area contributed by atoms with Crippen molar-refractivity contribution >= 4 is 11.4 Å². The molecule has 0 amide bonds. The van der Waals surface area contributed by atoms with Gasteiger partial charge in [-0.3, -0.25) is 0 Å². The van der Waals surface area contributed by atoms with Crippen molar-refractivity contribution in [3.8, 4) is 5.75 Å². The highest BCUT2D eigenvalue weighted by Crippen LogP contribution is 2.35. The van der Waals surface area contributed by atoms with Gasteiger partial charge in [-0.25, -0.2) is 4.39 Å². The fourth-order valence-corrected chi connectivity index (χ4v) is 2.95. The smallest absolute Gasteiger partial charge is 0.148 e. The van der Waals surface area contributed by atoms with Crippen molar-refractivity contribution in [1.29, 1.82) is 0 Å². The second-order valence-corrected chi connectivity index (χ2v) is 5.39. The molecule has 1 aliphatic rings. The van der Waals surface area contributed by atoms with Crippen molar-refractivity contribution in [2.75, 3.05) is 30.8 Å². The van der Waals surface area contributed by atoms with E-state index in [4.69, 9.17) is 10.5 Å². The van der Waals surface area contributed by atoms with Gasteiger partial charge in [-0.05, 0) is 12.0 Å². The second kappa shape index (κ2) is 5.64. The molecule has 0 aliphatic carbocycles. The molecule has 110 valence electrons. The van der Waals surface area contributed by atoms with Gasteiger partial charge in [0.1, 0.15) is 11.6 Å². The molecule has 0 saturated carbocycles. The molecule has 2 N–H and O–H groups in total. The molecule has 1 saturated heterocycles. The van der Waals surface area contributed by atoms with Crippen LogP contribution in [-0.4, -0.2) is 20.2 Å². The number of halogens is 1. The number of ether oxygens (including phenoxy) is 1. The van der Waals surface area contributed by atoms with Gasteiger partial charge in [0, 0.05) is 31.1 Å². The van der Waals surface area contributed by atoms with Crippen LogP contribution in [0.25, 0.3) is 0 Å². The molecular weight excluding hydrogens is 267 g/mol. The number of rotatable bonds is 3. The minimum atomic E-state index is -0.290. The highest BCUT2D eigenvalue weighted by atomic mass is 19.1. The molecule has 2 aromatic carbocycles. The van der Waals surface area contributed by atoms with Crippen molar-refractivity contribution < 1.29 is 9.13 Å². The molecule has 0 spiro atoms. The lowest BCUT2D eigenvalue weighted by atomic mass is 9.99. The Morgan fingerprint density at radius 2 is 2.00 bits per heavy atom. The quantitative estimate of drug-likeness (QED) is 0.879. The average Bonchev–Trinajstić information content (AvgIpc) is 2.98. The van der Waals surface area contributed by atoms with Gasteiger partial charge in [0.15, 0.2) is 0 Å². The first kappa shape index (κ1) is 13.7. The molecule has 2 aromatic rings. The molecule has 1 unspecified atom stereocenters. The summed E-state index contributed by atoms with van der Waals surface area (Å²) in [6, 6.07) is 13.4. The number of hydrogen-bond acceptors (Lipinski definition) is 3. The van der Waals surface area contributed by atoms with Gasteiger partial charge in [0.05, 0.1) is 18.5 Å². The van der Waals surface area contributed by atoms with Crippen molar-refractivity contribution in [3.05, 3.63) is 53.8 Å². The van der Waals surface area contributed by atoms with E-state index < -0.39 is 0 Å². The van der Waals surface area contributed by atoms with Crippen LogP contribution in [0.2, 0.25) is 0 Å². The number of hydrogen-bond donors (Lipinski definition) is 1. The summed E-state index contributed by atoms with van der Waals surface area (Å²) in [5, 5.41) is 0. The molecule has 3 rings (SSSR count). The molecule has 1 aliphatic heterocycles. The van der Waals surface area contributed by atoms with Crippen LogP contribution in [-0.2, 0) is 0 Å². The standard InChI is InChI=1S/C17H19FN2O/c1-21-17-10-16(14(18)9-15(17)19)20-8-7-13(11-20)12-5-3-2-4-6-12/h2-6,9-10,13H,7-8,11,19H2,1H3. The maximum atomic E-state index is 14.2. The van der Waals surface area contributed by atoms with E-state index in [9.17, 15) is 4.39 Å². The summed E-state index contributed by atoms with van der Waals surface area (Å²) >= 11 is 0. The molecule has 1 atom stereocenters. The van der Waals surface area contributed by atoms with Gasteiger partial charge in [-0.1, -0.05) is 30.3 Å². The Morgan fingerprint density at radius 1 is 1.24 bits per heavy atom. The van der Waals surface area contributed by atoms with E-state index in [1.54, 1.807) is 13.2 Å². The first-order chi connectivity index (χ1) is 10.2. The van der Waals surface area contributed by atoms with Crippen LogP contribution >= 0.6 is 0 Å². The van der Waals surface area contributed by atoms with Crippen molar-refractivity contribution in [2.45, 2.75) is 12.3 Å². The van der Waals surface area contributed by atoms with Crippen LogP contribution in [0.3, 0.4) is 0 Å². The van der Waals surface area contributed by atoms with Crippen molar-refractivity contribution in [3.63, 3.8) is 0 Å². The Hall–Kier alpha value is -2.23. The average molecular weight is 286 g/mol. The lowest BCUT2D eigenvalue weighted by Crippen LogP contribution is -2.20. The first-order valence-electron chi connectivity index (χ1n) is 7.12. The van der Waals surface area contributed by atoms with E-state index in [0.29, 0.717) is 23.0 Å². The summed E-state index contributed by atoms with van der Waals surface area (Å²) in [5.74, 6) is 0.672. The molecular formula is C17H19FN2O. The van der Waals surface area contributed by atoms with Gasteiger partial charge < -0.3 is 15.4 Å². The summed E-state index contributed by atoms with van der Waals surface area (Å²) in [7, 11) is 1.55. The molecule has 4 heteroatoms. The normalized spacial score (nSPS) is 18.0. The highest BCUT2D eigenvalue weighted by molar-refractivity contribution is 5.63. The van der Waals surface area contributed by atoms with E-state index in [2.05, 4.69) is 17.0 Å². The zero-order chi connectivity index (χ0) is 14.8. The topological polar surface area (TPSA) is 38.5 Å². The van der Waals surface area contributed by atoms with Crippen molar-refractivity contribution in [2.24, 2.45) is 0 Å². The van der Waals surface area contributed by atoms with E-state index >= 15 is 0 Å². The maximum absolute atomic E-state index is 14.2. The fraction of sp³-hybridized carbons (Fsp3) is 0.294. The summed E-state index contributed by atoms with van der Waals surface area (Å²) in [5.41, 5.74) is 7.94. The Morgan fingerprint density at radius 3 is 2.71 bits per heavy atom. The third-order valence-corrected chi connectivity index (χ3v) is 4.10. The zero-order valence-electron chi connectivity index (χ0n) is 12.1. The fourth-order valence-electron chi connectivity index (χ4n) is 2.95. The SMILES string of the molecule is COc1cc(N2CCC(c3ccccc3)C2)c(F)cc1N. The van der Waals surface area contributed by atoms with Crippen LogP contribution in [0.1, 0.15) is 17.9 Å². The third kappa shape index (κ3) is 2.66. The molecule has 1 heterocycles. The summed E-state index contributed by atoms with van der Waals surface area (Å²) in [4.78, 5) is 2.06. The highest BCUT2D eigenvalue weighted by Gasteiger charge is 2.26. The lowest BCUT2D eigenvalue weighted by Gasteiger charge is -2.21. The van der Waals surface area contributed by atoms with Gasteiger partial charge >= 0.3 is 0 Å². The number of nitrogens with two attached hydrogens (primary N) is 1. The molecule has 1 fully saturated rings. The Kier molecular flexibility index (Phi) is 3.69. The second-order valence-electron chi connectivity index (χ2n) is 5.39. The summed E-state index contributed by atoms with van der Waals surface area (Å²) in [6.07, 6.45) is 1.02. The van der Waals surface area contributed by atoms with Crippen LogP contribution in [0.4, 0.5) is 15.8 Å². The Bertz CT molecular complexity index is 630. The van der Waals surface area contributed by atoms with Gasteiger partial charge in [0.25, 0.3) is 0 Å². The number of nitrogen functional groups attached to an aromatic ring is 1. The molecule has 0 radical (unpaired) electrons. The number of benzene rings is 2. The molecule has 0 aromatic heterocycles. The number of nitrogens with zero attached hydrogens (tertiary/aromatic N) is 1. The molecule has 21 heavy (non-hydrogen) atoms. The van der Waals surface area contributed by atoms with Gasteiger partial charge in [0.2, 0.25) is 0 Å². The largest absolute Gasteiger partial charge is 0.495 e. The Labute approximate surface area is 124 Å². The summed E-state index contributed by atoms with van der Waals surface area (Å²) < 4.78 is 19.4. The van der Waals surface area contributed by atoms with Gasteiger partial charge in [-0.15, -0.1) is 0 Å². The predicted octanol–water partition coefficient (Wildman–Crippen LogP) is 3.41. The predicted molar refractivity (Wildman–Crippen MR) is 83.4 cm³/mol. The van der Waals surface area contributed by atoms with E-state index in [1.165, 1.54) is 11.6 Å². The van der Waals surface area contributed by atoms with Crippen LogP contribution in [0, 0.1) is 5.82 Å². The van der Waals surface area contributed by atoms with Crippen LogP contribution in [0.15, 0.2) is 42.5 Å². The minimum absolute atomic E-state index is 0.290. The first-order valence-corrected chi connectivity index (χ1v) is 7.12. The lowest BCUT2D eigenvalue weighted by molar-refractivity contribution is 0.416. The monoisotopic (exact) mass is 286 g/mol. The Balaban J connectivity index is 1.83. The molecule has 0 bridgehead atoms. The van der Waals surface area contributed by atoms with Crippen molar-refractivity contribution in [1.82, 2.24) is 0 Å². The zero-order valence-corrected chi connectivity index (χ0v) is 12.1. The van der Waals surface area contributed by atoms with Gasteiger partial charge in [-0.2, -0.15) is 0 Å². The van der Waals surface area contributed by atoms with E-state index in [0.717, 1.165) is 19.5 Å². The third-order valence-electron chi connectivity index (χ3n) is 4.10. The van der Waals surface area contributed by atoms with Crippen LogP contribution < -0.4 is 15.4 Å². The number of methoxy groups -OCH3 is 1. The summed E-state index contributed by atoms with van der Waals surface area (Å²) in [6.45, 7) is 1.65. The van der Waals surface area contributed by atoms with E-state index in [-0.39, 0.29) is 5.82 Å². The van der Waals surface area contributed by atoms with Crippen LogP contribution in [0.5, 0.6) is 5.75 Å². The molecule has 3 nitrogen and oxygen atoms in total. The maximum Gasteiger partial charge on any atom is 0.148 e. The van der Waals surface area contributed by atoms with E-state index in [1.807, 2.05) is 18.2 Å².